The van der Waals surface area contributed by atoms with E-state index in [9.17, 15) is 14.3 Å². The van der Waals surface area contributed by atoms with E-state index in [4.69, 9.17) is 18.5 Å². The molecule has 8 nitrogen and oxygen atoms in total. The fourth-order valence-corrected chi connectivity index (χ4v) is 7.53. The van der Waals surface area contributed by atoms with Crippen molar-refractivity contribution in [2.75, 3.05) is 54.1 Å². The van der Waals surface area contributed by atoms with Gasteiger partial charge in [-0.3, -0.25) is 9.36 Å². The maximum Gasteiger partial charge on any atom is 0.306 e. The van der Waals surface area contributed by atoms with E-state index >= 15 is 0 Å². The zero-order chi connectivity index (χ0) is 46.2. The molecule has 0 aromatic rings. The van der Waals surface area contributed by atoms with E-state index < -0.39 is 13.9 Å². The molecule has 0 N–H and O–H groups in total. The van der Waals surface area contributed by atoms with Gasteiger partial charge in [0.25, 0.3) is 7.82 Å². The average Bonchev–Trinajstić information content (AvgIpc) is 3.24. The van der Waals surface area contributed by atoms with Crippen molar-refractivity contribution in [3.63, 3.8) is 0 Å². The van der Waals surface area contributed by atoms with Gasteiger partial charge >= 0.3 is 5.97 Å². The second kappa shape index (κ2) is 46.5. The molecule has 0 fully saturated rings. The minimum absolute atomic E-state index is 0.0210. The Balaban J connectivity index is 4.16. The maximum atomic E-state index is 12.8. The number of likely N-dealkylation sites (N-methyl/N-ethyl adjacent to an activating group) is 1. The molecule has 9 heteroatoms. The van der Waals surface area contributed by atoms with Crippen molar-refractivity contribution in [2.24, 2.45) is 0 Å². The molecule has 0 aliphatic carbocycles. The van der Waals surface area contributed by atoms with Crippen LogP contribution in [-0.2, 0) is 27.9 Å². The number of hydrogen-bond donors (Lipinski definition) is 0. The smallest absolute Gasteiger partial charge is 0.306 e. The van der Waals surface area contributed by atoms with Gasteiger partial charge < -0.3 is 27.9 Å². The second-order valence-electron chi connectivity index (χ2n) is 18.1. The number of phosphoric acid groups is 1. The molecule has 0 rings (SSSR count). The highest BCUT2D eigenvalue weighted by molar-refractivity contribution is 7.45. The van der Waals surface area contributed by atoms with E-state index in [1.807, 2.05) is 21.1 Å². The van der Waals surface area contributed by atoms with Gasteiger partial charge in [0.1, 0.15) is 19.3 Å². The predicted octanol–water partition coefficient (Wildman–Crippen LogP) is 15.2. The second-order valence-corrected chi connectivity index (χ2v) is 19.6. The summed E-state index contributed by atoms with van der Waals surface area (Å²) in [5.41, 5.74) is 0. The Hall–Kier alpha value is -2.06. The molecule has 63 heavy (non-hydrogen) atoms. The molecule has 0 aromatic heterocycles. The summed E-state index contributed by atoms with van der Waals surface area (Å²) in [5.74, 6) is -0.342. The number of hydrogen-bond acceptors (Lipinski definition) is 7. The molecule has 0 amide bonds. The van der Waals surface area contributed by atoms with Crippen LogP contribution in [0.25, 0.3) is 0 Å². The van der Waals surface area contributed by atoms with Gasteiger partial charge in [0.05, 0.1) is 34.4 Å². The highest BCUT2D eigenvalue weighted by Gasteiger charge is 2.20. The quantitative estimate of drug-likeness (QED) is 0.0197. The summed E-state index contributed by atoms with van der Waals surface area (Å²) >= 11 is 0. The summed E-state index contributed by atoms with van der Waals surface area (Å²) in [6.45, 7) is 5.26. The van der Waals surface area contributed by atoms with Crippen LogP contribution in [0.1, 0.15) is 206 Å². The number of nitrogens with zero attached hydrogens (tertiary/aromatic N) is 1. The Kier molecular flexibility index (Phi) is 44.9. The monoisotopic (exact) mass is 904 g/mol. The van der Waals surface area contributed by atoms with Gasteiger partial charge in [-0.2, -0.15) is 0 Å². The lowest BCUT2D eigenvalue weighted by Crippen LogP contribution is -2.37. The Bertz CT molecular complexity index is 1230. The Morgan fingerprint density at radius 3 is 1.38 bits per heavy atom. The molecule has 0 spiro atoms. The number of carbonyl (C=O) groups is 1. The molecule has 0 saturated carbocycles. The standard InChI is InChI=1S/C54H98NO7P/c1-6-8-10-12-14-16-18-20-22-24-26-27-28-29-30-31-33-35-37-39-41-43-45-47-54(56)62-53(52-61-63(57,58)60-50-48-55(3,4)5)51-59-49-46-44-42-40-38-36-34-32-25-23-21-19-17-15-13-11-9-7-2/h8,10,14-17,20-23,26-27,53H,6-7,9,11-13,18-19,24-25,28-52H2,1-5H3/b10-8-,16-14-,17-15-,22-20-,23-21-,27-26-. The fraction of sp³-hybridized carbons (Fsp3) is 0.759. The first kappa shape index (κ1) is 60.9. The molecule has 0 radical (unpaired) electrons. The van der Waals surface area contributed by atoms with Gasteiger partial charge in [-0.05, 0) is 83.5 Å². The summed E-state index contributed by atoms with van der Waals surface area (Å²) in [7, 11) is 1.34. The van der Waals surface area contributed by atoms with E-state index in [2.05, 4.69) is 86.8 Å². The summed E-state index contributed by atoms with van der Waals surface area (Å²) in [6.07, 6.45) is 60.6. The molecule has 0 bridgehead atoms. The lowest BCUT2D eigenvalue weighted by Gasteiger charge is -2.28. The number of carbonyl (C=O) groups excluding carboxylic acids is 1. The van der Waals surface area contributed by atoms with E-state index in [0.29, 0.717) is 24.1 Å². The lowest BCUT2D eigenvalue weighted by atomic mass is 10.0. The van der Waals surface area contributed by atoms with E-state index in [0.717, 1.165) is 64.2 Å². The highest BCUT2D eigenvalue weighted by atomic mass is 31.2. The summed E-state index contributed by atoms with van der Waals surface area (Å²) in [6, 6.07) is 0. The highest BCUT2D eigenvalue weighted by Crippen LogP contribution is 2.38. The van der Waals surface area contributed by atoms with Crippen molar-refractivity contribution >= 4 is 13.8 Å². The zero-order valence-corrected chi connectivity index (χ0v) is 42.4. The number of allylic oxidation sites excluding steroid dienone is 12. The van der Waals surface area contributed by atoms with E-state index in [1.165, 1.54) is 122 Å². The van der Waals surface area contributed by atoms with Gasteiger partial charge in [0, 0.05) is 13.0 Å². The summed E-state index contributed by atoms with van der Waals surface area (Å²) < 4.78 is 34.7. The van der Waals surface area contributed by atoms with Crippen molar-refractivity contribution in [3.8, 4) is 0 Å². The van der Waals surface area contributed by atoms with Crippen molar-refractivity contribution in [1.82, 2.24) is 0 Å². The fourth-order valence-electron chi connectivity index (χ4n) is 6.80. The predicted molar refractivity (Wildman–Crippen MR) is 268 cm³/mol. The molecule has 0 aliphatic heterocycles. The molecular weight excluding hydrogens is 806 g/mol. The van der Waals surface area contributed by atoms with Crippen molar-refractivity contribution in [1.29, 1.82) is 0 Å². The molecule has 2 atom stereocenters. The number of unbranched alkanes of at least 4 members (excludes halogenated alkanes) is 21. The average molecular weight is 904 g/mol. The van der Waals surface area contributed by atoms with Crippen molar-refractivity contribution in [2.45, 2.75) is 213 Å². The van der Waals surface area contributed by atoms with Gasteiger partial charge in [-0.15, -0.1) is 0 Å². The molecule has 0 aromatic carbocycles. The van der Waals surface area contributed by atoms with Crippen LogP contribution in [0.15, 0.2) is 72.9 Å². The molecule has 0 saturated heterocycles. The Morgan fingerprint density at radius 2 is 0.921 bits per heavy atom. The molecule has 366 valence electrons. The SMILES string of the molecule is CC/C=C\C/C=C\C/C=C\C/C=C\CCCCCCCCCCCCC(=O)OC(COCCCCCCCCCC/C=C\C/C=C\CCCCC)COP(=O)([O-])OCC[N+](C)(C)C. The molecular formula is C54H98NO7P. The largest absolute Gasteiger partial charge is 0.756 e. The number of phosphoric ester groups is 1. The Morgan fingerprint density at radius 1 is 0.508 bits per heavy atom. The molecule has 2 unspecified atom stereocenters. The van der Waals surface area contributed by atoms with Gasteiger partial charge in [-0.1, -0.05) is 189 Å². The molecule has 0 aliphatic rings. The number of esters is 1. The van der Waals surface area contributed by atoms with E-state index in [1.54, 1.807) is 0 Å². The minimum atomic E-state index is -4.54. The topological polar surface area (TPSA) is 94.1 Å². The first-order chi connectivity index (χ1) is 30.6. The first-order valence-electron chi connectivity index (χ1n) is 25.7. The third-order valence-corrected chi connectivity index (χ3v) is 11.7. The van der Waals surface area contributed by atoms with Crippen LogP contribution in [-0.4, -0.2) is 70.7 Å². The first-order valence-corrected chi connectivity index (χ1v) is 27.1. The zero-order valence-electron chi connectivity index (χ0n) is 41.5. The van der Waals surface area contributed by atoms with Gasteiger partial charge in [-0.25, -0.2) is 0 Å². The number of ether oxygens (including phenoxy) is 2. The Labute approximate surface area is 389 Å². The lowest BCUT2D eigenvalue weighted by molar-refractivity contribution is -0.870. The number of quaternary nitrogens is 1. The minimum Gasteiger partial charge on any atom is -0.756 e. The van der Waals surface area contributed by atoms with Crippen LogP contribution < -0.4 is 4.89 Å². The maximum absolute atomic E-state index is 12.8. The van der Waals surface area contributed by atoms with Crippen LogP contribution in [0, 0.1) is 0 Å². The van der Waals surface area contributed by atoms with Gasteiger partial charge in [0.2, 0.25) is 0 Å². The normalized spacial score (nSPS) is 14.2. The third kappa shape index (κ3) is 50.8. The van der Waals surface area contributed by atoms with Crippen molar-refractivity contribution < 1.29 is 37.3 Å². The summed E-state index contributed by atoms with van der Waals surface area (Å²) in [4.78, 5) is 25.2. The molecule has 0 heterocycles. The summed E-state index contributed by atoms with van der Waals surface area (Å²) in [5, 5.41) is 0. The number of rotatable bonds is 47. The van der Waals surface area contributed by atoms with Gasteiger partial charge in [0.15, 0.2) is 0 Å². The van der Waals surface area contributed by atoms with Crippen LogP contribution in [0.5, 0.6) is 0 Å². The van der Waals surface area contributed by atoms with Crippen LogP contribution in [0.2, 0.25) is 0 Å². The van der Waals surface area contributed by atoms with E-state index in [-0.39, 0.29) is 25.8 Å². The van der Waals surface area contributed by atoms with Crippen LogP contribution >= 0.6 is 7.82 Å². The van der Waals surface area contributed by atoms with Crippen LogP contribution in [0.4, 0.5) is 0 Å². The van der Waals surface area contributed by atoms with Crippen molar-refractivity contribution in [3.05, 3.63) is 72.9 Å². The third-order valence-electron chi connectivity index (χ3n) is 10.7. The van der Waals surface area contributed by atoms with Crippen LogP contribution in [0.3, 0.4) is 0 Å².